The van der Waals surface area contributed by atoms with Gasteiger partial charge < -0.3 is 20.1 Å². The molecule has 0 atom stereocenters. The molecule has 0 fully saturated rings. The lowest BCUT2D eigenvalue weighted by Gasteiger charge is -2.05. The van der Waals surface area contributed by atoms with Gasteiger partial charge in [-0.25, -0.2) is 4.98 Å². The van der Waals surface area contributed by atoms with E-state index in [1.807, 2.05) is 23.6 Å². The van der Waals surface area contributed by atoms with Gasteiger partial charge in [-0.15, -0.1) is 11.3 Å². The number of benzene rings is 1. The highest BCUT2D eigenvalue weighted by Crippen LogP contribution is 2.36. The van der Waals surface area contributed by atoms with Crippen molar-refractivity contribution in [3.63, 3.8) is 0 Å². The Hall–Kier alpha value is -2.12. The van der Waals surface area contributed by atoms with Crippen LogP contribution in [0.3, 0.4) is 0 Å². The highest BCUT2D eigenvalue weighted by atomic mass is 32.1. The molecule has 7 heteroatoms. The fourth-order valence-corrected chi connectivity index (χ4v) is 3.19. The SMILES string of the molecule is CCCNCCNC(=O)Cc1csc(-c2ccc3c(c2)OCO3)n1. The van der Waals surface area contributed by atoms with Crippen molar-refractivity contribution in [1.82, 2.24) is 15.6 Å². The molecule has 1 aliphatic heterocycles. The second kappa shape index (κ2) is 8.12. The zero-order valence-electron chi connectivity index (χ0n) is 13.6. The van der Waals surface area contributed by atoms with E-state index in [-0.39, 0.29) is 12.7 Å². The van der Waals surface area contributed by atoms with Crippen LogP contribution in [0.5, 0.6) is 11.5 Å². The third kappa shape index (κ3) is 4.24. The van der Waals surface area contributed by atoms with Gasteiger partial charge in [-0.2, -0.15) is 0 Å². The van der Waals surface area contributed by atoms with Crippen LogP contribution in [0.1, 0.15) is 19.0 Å². The Labute approximate surface area is 145 Å². The minimum Gasteiger partial charge on any atom is -0.454 e. The number of nitrogens with zero attached hydrogens (tertiary/aromatic N) is 1. The highest BCUT2D eigenvalue weighted by molar-refractivity contribution is 7.13. The van der Waals surface area contributed by atoms with Gasteiger partial charge in [-0.05, 0) is 31.2 Å². The molecule has 0 aliphatic carbocycles. The van der Waals surface area contributed by atoms with Crippen molar-refractivity contribution in [3.05, 3.63) is 29.3 Å². The van der Waals surface area contributed by atoms with E-state index in [4.69, 9.17) is 9.47 Å². The van der Waals surface area contributed by atoms with Gasteiger partial charge >= 0.3 is 0 Å². The first-order valence-corrected chi connectivity index (χ1v) is 8.96. The molecule has 2 heterocycles. The average Bonchev–Trinajstić information content (AvgIpc) is 3.22. The molecular formula is C17H21N3O3S. The smallest absolute Gasteiger partial charge is 0.231 e. The van der Waals surface area contributed by atoms with Crippen molar-refractivity contribution in [2.75, 3.05) is 26.4 Å². The monoisotopic (exact) mass is 347 g/mol. The van der Waals surface area contributed by atoms with Crippen molar-refractivity contribution in [2.24, 2.45) is 0 Å². The van der Waals surface area contributed by atoms with Crippen LogP contribution in [0.2, 0.25) is 0 Å². The van der Waals surface area contributed by atoms with Crippen molar-refractivity contribution in [2.45, 2.75) is 19.8 Å². The lowest BCUT2D eigenvalue weighted by molar-refractivity contribution is -0.120. The maximum Gasteiger partial charge on any atom is 0.231 e. The number of fused-ring (bicyclic) bond motifs is 1. The fraction of sp³-hybridized carbons (Fsp3) is 0.412. The summed E-state index contributed by atoms with van der Waals surface area (Å²) in [5.41, 5.74) is 1.76. The normalized spacial score (nSPS) is 12.4. The number of hydrogen-bond acceptors (Lipinski definition) is 6. The van der Waals surface area contributed by atoms with Gasteiger partial charge in [0.15, 0.2) is 11.5 Å². The number of aromatic nitrogens is 1. The molecule has 1 aromatic carbocycles. The van der Waals surface area contributed by atoms with E-state index in [0.29, 0.717) is 13.0 Å². The molecule has 128 valence electrons. The summed E-state index contributed by atoms with van der Waals surface area (Å²) in [5.74, 6) is 1.49. The predicted octanol–water partition coefficient (Wildman–Crippen LogP) is 2.20. The van der Waals surface area contributed by atoms with Crippen LogP contribution in [0.15, 0.2) is 23.6 Å². The number of hydrogen-bond donors (Lipinski definition) is 2. The molecule has 24 heavy (non-hydrogen) atoms. The number of carbonyl (C=O) groups excluding carboxylic acids is 1. The quantitative estimate of drug-likeness (QED) is 0.716. The standard InChI is InChI=1S/C17H21N3O3S/c1-2-5-18-6-7-19-16(21)9-13-10-24-17(20-13)12-3-4-14-15(8-12)23-11-22-14/h3-4,8,10,18H,2,5-7,9,11H2,1H3,(H,19,21). The van der Waals surface area contributed by atoms with Gasteiger partial charge in [0.05, 0.1) is 12.1 Å². The molecule has 0 spiro atoms. The zero-order chi connectivity index (χ0) is 16.8. The van der Waals surface area contributed by atoms with Crippen LogP contribution in [0.4, 0.5) is 0 Å². The van der Waals surface area contributed by atoms with Crippen molar-refractivity contribution >= 4 is 17.2 Å². The first-order valence-electron chi connectivity index (χ1n) is 8.08. The molecule has 1 amide bonds. The van der Waals surface area contributed by atoms with E-state index < -0.39 is 0 Å². The molecular weight excluding hydrogens is 326 g/mol. The molecule has 1 aliphatic rings. The summed E-state index contributed by atoms with van der Waals surface area (Å²) in [6, 6.07) is 5.76. The largest absolute Gasteiger partial charge is 0.454 e. The Morgan fingerprint density at radius 2 is 2.12 bits per heavy atom. The van der Waals surface area contributed by atoms with Gasteiger partial charge in [0.2, 0.25) is 12.7 Å². The number of thiazole rings is 1. The molecule has 0 bridgehead atoms. The number of nitrogens with one attached hydrogen (secondary N) is 2. The number of carbonyl (C=O) groups is 1. The minimum absolute atomic E-state index is 0.00386. The fourth-order valence-electron chi connectivity index (χ4n) is 2.37. The van der Waals surface area contributed by atoms with Gasteiger partial charge in [-0.3, -0.25) is 4.79 Å². The van der Waals surface area contributed by atoms with Gasteiger partial charge in [-0.1, -0.05) is 6.92 Å². The summed E-state index contributed by atoms with van der Waals surface area (Å²) in [6.07, 6.45) is 1.39. The van der Waals surface area contributed by atoms with Gasteiger partial charge in [0.1, 0.15) is 5.01 Å². The predicted molar refractivity (Wildman–Crippen MR) is 93.5 cm³/mol. The second-order valence-electron chi connectivity index (χ2n) is 5.49. The highest BCUT2D eigenvalue weighted by Gasteiger charge is 2.15. The van der Waals surface area contributed by atoms with Crippen molar-refractivity contribution in [1.29, 1.82) is 0 Å². The van der Waals surface area contributed by atoms with E-state index in [1.54, 1.807) is 0 Å². The van der Waals surface area contributed by atoms with E-state index in [1.165, 1.54) is 11.3 Å². The lowest BCUT2D eigenvalue weighted by Crippen LogP contribution is -2.33. The molecule has 2 N–H and O–H groups in total. The Morgan fingerprint density at radius 1 is 1.25 bits per heavy atom. The molecule has 6 nitrogen and oxygen atoms in total. The van der Waals surface area contributed by atoms with Crippen LogP contribution < -0.4 is 20.1 Å². The number of amides is 1. The van der Waals surface area contributed by atoms with Gasteiger partial charge in [0.25, 0.3) is 0 Å². The third-order valence-corrected chi connectivity index (χ3v) is 4.50. The molecule has 1 aromatic heterocycles. The molecule has 0 saturated carbocycles. The summed E-state index contributed by atoms with van der Waals surface area (Å²) >= 11 is 1.53. The lowest BCUT2D eigenvalue weighted by atomic mass is 10.2. The van der Waals surface area contributed by atoms with E-state index >= 15 is 0 Å². The Kier molecular flexibility index (Phi) is 5.66. The molecule has 3 rings (SSSR count). The van der Waals surface area contributed by atoms with Crippen LogP contribution >= 0.6 is 11.3 Å². The van der Waals surface area contributed by atoms with Crippen LogP contribution in [-0.2, 0) is 11.2 Å². The maximum atomic E-state index is 11.9. The van der Waals surface area contributed by atoms with Crippen molar-refractivity contribution < 1.29 is 14.3 Å². The molecule has 0 saturated heterocycles. The number of rotatable bonds is 8. The van der Waals surface area contributed by atoms with Crippen molar-refractivity contribution in [3.8, 4) is 22.1 Å². The number of ether oxygens (including phenoxy) is 2. The third-order valence-electron chi connectivity index (χ3n) is 3.56. The summed E-state index contributed by atoms with van der Waals surface area (Å²) in [7, 11) is 0. The Morgan fingerprint density at radius 3 is 3.00 bits per heavy atom. The molecule has 0 radical (unpaired) electrons. The topological polar surface area (TPSA) is 72.5 Å². The van der Waals surface area contributed by atoms with E-state index in [2.05, 4.69) is 22.5 Å². The Bertz CT molecular complexity index is 702. The summed E-state index contributed by atoms with van der Waals surface area (Å²) in [5, 5.41) is 8.95. The Balaban J connectivity index is 1.53. The van der Waals surface area contributed by atoms with E-state index in [0.717, 1.165) is 47.3 Å². The zero-order valence-corrected chi connectivity index (χ0v) is 14.4. The molecule has 2 aromatic rings. The maximum absolute atomic E-state index is 11.9. The summed E-state index contributed by atoms with van der Waals surface area (Å²) in [6.45, 7) is 4.78. The average molecular weight is 347 g/mol. The summed E-state index contributed by atoms with van der Waals surface area (Å²) in [4.78, 5) is 16.5. The van der Waals surface area contributed by atoms with Crippen LogP contribution in [0.25, 0.3) is 10.6 Å². The minimum atomic E-state index is -0.00386. The first-order chi connectivity index (χ1) is 11.8. The van der Waals surface area contributed by atoms with Crippen LogP contribution in [0, 0.1) is 0 Å². The molecule has 0 unspecified atom stereocenters. The first kappa shape index (κ1) is 16.7. The summed E-state index contributed by atoms with van der Waals surface area (Å²) < 4.78 is 10.7. The van der Waals surface area contributed by atoms with Crippen LogP contribution in [-0.4, -0.2) is 37.3 Å². The van der Waals surface area contributed by atoms with Gasteiger partial charge in [0, 0.05) is 24.0 Å². The second-order valence-corrected chi connectivity index (χ2v) is 6.35. The van der Waals surface area contributed by atoms with E-state index in [9.17, 15) is 4.79 Å².